The molecular weight excluding hydrogens is 438 g/mol. The molecule has 0 aromatic heterocycles. The number of aliphatic carboxylic acids is 1. The summed E-state index contributed by atoms with van der Waals surface area (Å²) in [7, 11) is -2.96. The van der Waals surface area contributed by atoms with E-state index in [0.29, 0.717) is 24.8 Å². The van der Waals surface area contributed by atoms with E-state index in [9.17, 15) is 18.3 Å². The monoisotopic (exact) mass is 469 g/mol. The van der Waals surface area contributed by atoms with Crippen LogP contribution in [0.3, 0.4) is 0 Å². The highest BCUT2D eigenvalue weighted by atomic mass is 32.2. The Morgan fingerprint density at radius 3 is 2.39 bits per heavy atom. The minimum absolute atomic E-state index is 0.0597. The standard InChI is InChI=1S/C25H31N3O4S/c1-3-19(16-25(29)30)20-7-10-24(28(4-2)22-11-13-33(31,32)14-12-22)23(15-20)27-21-8-5-18(17-26)6-9-21/h5-10,15,19,22,27H,3-4,11-14,16H2,1-2H3,(H,29,30). The van der Waals surface area contributed by atoms with Crippen LogP contribution in [0.15, 0.2) is 42.5 Å². The molecule has 2 aromatic carbocycles. The topological polar surface area (TPSA) is 110 Å². The Balaban J connectivity index is 1.99. The summed E-state index contributed by atoms with van der Waals surface area (Å²) >= 11 is 0. The molecule has 0 saturated carbocycles. The van der Waals surface area contributed by atoms with Gasteiger partial charge in [-0.1, -0.05) is 13.0 Å². The van der Waals surface area contributed by atoms with Gasteiger partial charge in [0.2, 0.25) is 0 Å². The molecule has 0 radical (unpaired) electrons. The van der Waals surface area contributed by atoms with Crippen LogP contribution in [0.25, 0.3) is 0 Å². The molecule has 1 aliphatic rings. The predicted molar refractivity (Wildman–Crippen MR) is 131 cm³/mol. The number of carbonyl (C=O) groups is 1. The lowest BCUT2D eigenvalue weighted by Crippen LogP contribution is -2.41. The van der Waals surface area contributed by atoms with E-state index < -0.39 is 15.8 Å². The molecule has 2 N–H and O–H groups in total. The Bertz CT molecular complexity index is 1110. The Hall–Kier alpha value is -3.05. The summed E-state index contributed by atoms with van der Waals surface area (Å²) in [4.78, 5) is 13.6. The van der Waals surface area contributed by atoms with Crippen molar-refractivity contribution < 1.29 is 18.3 Å². The molecule has 1 unspecified atom stereocenters. The van der Waals surface area contributed by atoms with Crippen molar-refractivity contribution in [2.24, 2.45) is 0 Å². The van der Waals surface area contributed by atoms with Gasteiger partial charge in [0.1, 0.15) is 9.84 Å². The molecular formula is C25H31N3O4S. The third kappa shape index (κ3) is 6.26. The summed E-state index contributed by atoms with van der Waals surface area (Å²) in [6.07, 6.45) is 1.94. The van der Waals surface area contributed by atoms with Crippen molar-refractivity contribution in [3.8, 4) is 6.07 Å². The van der Waals surface area contributed by atoms with E-state index in [2.05, 4.69) is 23.2 Å². The molecule has 2 aromatic rings. The molecule has 1 heterocycles. The van der Waals surface area contributed by atoms with Gasteiger partial charge in [-0.3, -0.25) is 4.79 Å². The first-order valence-corrected chi connectivity index (χ1v) is 13.2. The predicted octanol–water partition coefficient (Wildman–Crippen LogP) is 4.67. The van der Waals surface area contributed by atoms with Gasteiger partial charge in [-0.05, 0) is 74.1 Å². The maximum atomic E-state index is 11.9. The van der Waals surface area contributed by atoms with Crippen LogP contribution in [-0.2, 0) is 14.6 Å². The van der Waals surface area contributed by atoms with E-state index in [-0.39, 0.29) is 29.9 Å². The second-order valence-corrected chi connectivity index (χ2v) is 10.8. The minimum atomic E-state index is -2.96. The molecule has 8 heteroatoms. The lowest BCUT2D eigenvalue weighted by molar-refractivity contribution is -0.137. The van der Waals surface area contributed by atoms with E-state index in [4.69, 9.17) is 5.26 Å². The zero-order valence-electron chi connectivity index (χ0n) is 19.1. The average Bonchev–Trinajstić information content (AvgIpc) is 2.80. The highest BCUT2D eigenvalue weighted by molar-refractivity contribution is 7.91. The normalized spacial score (nSPS) is 16.5. The van der Waals surface area contributed by atoms with Gasteiger partial charge < -0.3 is 15.3 Å². The van der Waals surface area contributed by atoms with Crippen molar-refractivity contribution in [2.45, 2.75) is 51.5 Å². The SMILES string of the molecule is CCC(CC(=O)O)c1ccc(N(CC)C2CCS(=O)(=O)CC2)c(Nc2ccc(C#N)cc2)c1. The number of sulfone groups is 1. The molecule has 7 nitrogen and oxygen atoms in total. The Kier molecular flexibility index (Phi) is 7.98. The van der Waals surface area contributed by atoms with Crippen LogP contribution in [0.2, 0.25) is 0 Å². The molecule has 1 atom stereocenters. The summed E-state index contributed by atoms with van der Waals surface area (Å²) in [6.45, 7) is 4.76. The third-order valence-corrected chi connectivity index (χ3v) is 8.03. The van der Waals surface area contributed by atoms with E-state index in [0.717, 1.165) is 29.2 Å². The van der Waals surface area contributed by atoms with Gasteiger partial charge in [0.15, 0.2) is 0 Å². The number of carboxylic acids is 1. The average molecular weight is 470 g/mol. The van der Waals surface area contributed by atoms with E-state index in [1.807, 2.05) is 37.3 Å². The van der Waals surface area contributed by atoms with Crippen molar-refractivity contribution in [3.63, 3.8) is 0 Å². The van der Waals surface area contributed by atoms with Gasteiger partial charge in [-0.25, -0.2) is 8.42 Å². The van der Waals surface area contributed by atoms with Gasteiger partial charge in [0, 0.05) is 18.3 Å². The summed E-state index contributed by atoms with van der Waals surface area (Å²) in [5, 5.41) is 21.9. The van der Waals surface area contributed by atoms with Crippen LogP contribution in [0, 0.1) is 11.3 Å². The summed E-state index contributed by atoms with van der Waals surface area (Å²) in [5.74, 6) is -0.540. The number of hydrogen-bond acceptors (Lipinski definition) is 6. The number of nitrogens with one attached hydrogen (secondary N) is 1. The van der Waals surface area contributed by atoms with Gasteiger partial charge in [0.05, 0.1) is 40.9 Å². The number of hydrogen-bond donors (Lipinski definition) is 2. The lowest BCUT2D eigenvalue weighted by atomic mass is 9.92. The number of benzene rings is 2. The van der Waals surface area contributed by atoms with Crippen LogP contribution in [0.4, 0.5) is 17.1 Å². The van der Waals surface area contributed by atoms with E-state index in [1.54, 1.807) is 12.1 Å². The Morgan fingerprint density at radius 2 is 1.85 bits per heavy atom. The molecule has 176 valence electrons. The van der Waals surface area contributed by atoms with Crippen LogP contribution in [0.1, 0.15) is 56.6 Å². The number of anilines is 3. The van der Waals surface area contributed by atoms with Crippen LogP contribution in [0.5, 0.6) is 0 Å². The van der Waals surface area contributed by atoms with Gasteiger partial charge in [-0.15, -0.1) is 0 Å². The molecule has 1 saturated heterocycles. The Labute approximate surface area is 196 Å². The van der Waals surface area contributed by atoms with Crippen molar-refractivity contribution in [3.05, 3.63) is 53.6 Å². The molecule has 3 rings (SSSR count). The fourth-order valence-corrected chi connectivity index (χ4v) is 5.93. The lowest BCUT2D eigenvalue weighted by Gasteiger charge is -2.36. The van der Waals surface area contributed by atoms with Crippen molar-refractivity contribution >= 4 is 32.9 Å². The van der Waals surface area contributed by atoms with Crippen molar-refractivity contribution in [1.82, 2.24) is 0 Å². The molecule has 33 heavy (non-hydrogen) atoms. The van der Waals surface area contributed by atoms with Gasteiger partial charge in [0.25, 0.3) is 0 Å². The largest absolute Gasteiger partial charge is 0.481 e. The zero-order valence-corrected chi connectivity index (χ0v) is 19.9. The zero-order chi connectivity index (χ0) is 24.0. The van der Waals surface area contributed by atoms with Crippen LogP contribution >= 0.6 is 0 Å². The molecule has 1 aliphatic heterocycles. The second kappa shape index (κ2) is 10.7. The summed E-state index contributed by atoms with van der Waals surface area (Å²) < 4.78 is 23.9. The highest BCUT2D eigenvalue weighted by Crippen LogP contribution is 2.36. The number of nitriles is 1. The molecule has 0 spiro atoms. The number of nitrogens with zero attached hydrogens (tertiary/aromatic N) is 2. The maximum Gasteiger partial charge on any atom is 0.303 e. The molecule has 1 fully saturated rings. The van der Waals surface area contributed by atoms with Crippen LogP contribution < -0.4 is 10.2 Å². The molecule has 0 amide bonds. The minimum Gasteiger partial charge on any atom is -0.481 e. The first-order chi connectivity index (χ1) is 15.8. The molecule has 0 aliphatic carbocycles. The van der Waals surface area contributed by atoms with Crippen molar-refractivity contribution in [1.29, 1.82) is 5.26 Å². The van der Waals surface area contributed by atoms with E-state index in [1.165, 1.54) is 0 Å². The first-order valence-electron chi connectivity index (χ1n) is 11.4. The fourth-order valence-electron chi connectivity index (χ4n) is 4.46. The summed E-state index contributed by atoms with van der Waals surface area (Å²) in [5.41, 5.74) is 4.14. The van der Waals surface area contributed by atoms with Crippen molar-refractivity contribution in [2.75, 3.05) is 28.3 Å². The van der Waals surface area contributed by atoms with Crippen LogP contribution in [-0.4, -0.2) is 43.6 Å². The van der Waals surface area contributed by atoms with Gasteiger partial charge >= 0.3 is 5.97 Å². The fraction of sp³-hybridized carbons (Fsp3) is 0.440. The first kappa shape index (κ1) is 24.6. The quantitative estimate of drug-likeness (QED) is 0.549. The highest BCUT2D eigenvalue weighted by Gasteiger charge is 2.29. The maximum absolute atomic E-state index is 11.9. The summed E-state index contributed by atoms with van der Waals surface area (Å²) in [6, 6.07) is 15.4. The van der Waals surface area contributed by atoms with Gasteiger partial charge in [-0.2, -0.15) is 5.26 Å². The third-order valence-electron chi connectivity index (χ3n) is 6.31. The Morgan fingerprint density at radius 1 is 1.18 bits per heavy atom. The second-order valence-electron chi connectivity index (χ2n) is 8.46. The number of carboxylic acid groups (broad SMARTS) is 1. The molecule has 0 bridgehead atoms. The number of rotatable bonds is 9. The smallest absolute Gasteiger partial charge is 0.303 e. The van der Waals surface area contributed by atoms with E-state index >= 15 is 0 Å².